The van der Waals surface area contributed by atoms with Gasteiger partial charge in [0.25, 0.3) is 0 Å². The standard InChI is InChI=1S/C13H17BrClNO/c1-9-6-11(4-5-17-9)16-8-10-2-3-12(14)13(15)7-10/h2-3,7,9,11,16H,4-6,8H2,1H3. The Labute approximate surface area is 116 Å². The molecule has 1 aliphatic rings. The second-order valence-electron chi connectivity index (χ2n) is 4.53. The van der Waals surface area contributed by atoms with Crippen LogP contribution >= 0.6 is 27.5 Å². The van der Waals surface area contributed by atoms with Crippen molar-refractivity contribution in [3.05, 3.63) is 33.3 Å². The van der Waals surface area contributed by atoms with Gasteiger partial charge >= 0.3 is 0 Å². The molecule has 2 nitrogen and oxygen atoms in total. The highest BCUT2D eigenvalue weighted by Crippen LogP contribution is 2.23. The van der Waals surface area contributed by atoms with Crippen LogP contribution in [0, 0.1) is 0 Å². The average molecular weight is 319 g/mol. The van der Waals surface area contributed by atoms with Crippen LogP contribution < -0.4 is 5.32 Å². The van der Waals surface area contributed by atoms with Crippen molar-refractivity contribution in [1.29, 1.82) is 0 Å². The van der Waals surface area contributed by atoms with Crippen LogP contribution in [0.25, 0.3) is 0 Å². The molecule has 17 heavy (non-hydrogen) atoms. The second kappa shape index (κ2) is 6.19. The Morgan fingerprint density at radius 2 is 2.35 bits per heavy atom. The molecule has 0 aromatic heterocycles. The predicted molar refractivity (Wildman–Crippen MR) is 74.4 cm³/mol. The van der Waals surface area contributed by atoms with Crippen molar-refractivity contribution in [2.45, 2.75) is 38.5 Å². The number of nitrogens with one attached hydrogen (secondary N) is 1. The highest BCUT2D eigenvalue weighted by atomic mass is 79.9. The second-order valence-corrected chi connectivity index (χ2v) is 5.79. The summed E-state index contributed by atoms with van der Waals surface area (Å²) in [5.41, 5.74) is 1.22. The minimum atomic E-state index is 0.370. The summed E-state index contributed by atoms with van der Waals surface area (Å²) in [7, 11) is 0. The molecule has 1 saturated heterocycles. The van der Waals surface area contributed by atoms with Crippen LogP contribution in [0.4, 0.5) is 0 Å². The third-order valence-electron chi connectivity index (χ3n) is 3.06. The third-order valence-corrected chi connectivity index (χ3v) is 4.30. The van der Waals surface area contributed by atoms with Crippen molar-refractivity contribution >= 4 is 27.5 Å². The molecule has 1 aromatic carbocycles. The van der Waals surface area contributed by atoms with Gasteiger partial charge in [0, 0.05) is 23.7 Å². The number of rotatable bonds is 3. The summed E-state index contributed by atoms with van der Waals surface area (Å²) in [4.78, 5) is 0. The van der Waals surface area contributed by atoms with E-state index < -0.39 is 0 Å². The van der Waals surface area contributed by atoms with Gasteiger partial charge in [0.1, 0.15) is 0 Å². The van der Waals surface area contributed by atoms with Gasteiger partial charge in [-0.15, -0.1) is 0 Å². The summed E-state index contributed by atoms with van der Waals surface area (Å²) in [5, 5.41) is 4.33. The zero-order valence-corrected chi connectivity index (χ0v) is 12.2. The Morgan fingerprint density at radius 1 is 1.53 bits per heavy atom. The maximum absolute atomic E-state index is 6.06. The molecule has 2 atom stereocenters. The average Bonchev–Trinajstić information content (AvgIpc) is 2.31. The summed E-state index contributed by atoms with van der Waals surface area (Å²) in [6.07, 6.45) is 2.55. The molecule has 2 unspecified atom stereocenters. The molecule has 0 amide bonds. The number of hydrogen-bond donors (Lipinski definition) is 1. The first-order valence-corrected chi connectivity index (χ1v) is 7.11. The largest absolute Gasteiger partial charge is 0.378 e. The minimum absolute atomic E-state index is 0.370. The Kier molecular flexibility index (Phi) is 4.86. The molecule has 1 aromatic rings. The van der Waals surface area contributed by atoms with Crippen LogP contribution in [0.3, 0.4) is 0 Å². The van der Waals surface area contributed by atoms with Gasteiger partial charge < -0.3 is 10.1 Å². The van der Waals surface area contributed by atoms with Crippen molar-refractivity contribution in [3.8, 4) is 0 Å². The molecule has 4 heteroatoms. The van der Waals surface area contributed by atoms with Crippen molar-refractivity contribution < 1.29 is 4.74 Å². The Balaban J connectivity index is 1.86. The molecule has 94 valence electrons. The predicted octanol–water partition coefficient (Wildman–Crippen LogP) is 3.76. The topological polar surface area (TPSA) is 21.3 Å². The number of ether oxygens (including phenoxy) is 1. The summed E-state index contributed by atoms with van der Waals surface area (Å²) in [6.45, 7) is 3.86. The molecule has 2 rings (SSSR count). The van der Waals surface area contributed by atoms with Gasteiger partial charge in [-0.3, -0.25) is 0 Å². The van der Waals surface area contributed by atoms with E-state index in [0.717, 1.165) is 35.5 Å². The van der Waals surface area contributed by atoms with Gasteiger partial charge in [-0.25, -0.2) is 0 Å². The number of benzene rings is 1. The summed E-state index contributed by atoms with van der Waals surface area (Å²) >= 11 is 9.46. The van der Waals surface area contributed by atoms with E-state index in [-0.39, 0.29) is 0 Å². The quantitative estimate of drug-likeness (QED) is 0.916. The fraction of sp³-hybridized carbons (Fsp3) is 0.538. The first kappa shape index (κ1) is 13.3. The Morgan fingerprint density at radius 3 is 3.06 bits per heavy atom. The van der Waals surface area contributed by atoms with Crippen LogP contribution in [-0.4, -0.2) is 18.8 Å². The molecule has 1 aliphatic heterocycles. The highest BCUT2D eigenvalue weighted by Gasteiger charge is 2.18. The fourth-order valence-electron chi connectivity index (χ4n) is 2.10. The lowest BCUT2D eigenvalue weighted by molar-refractivity contribution is 0.0130. The lowest BCUT2D eigenvalue weighted by Gasteiger charge is -2.28. The van der Waals surface area contributed by atoms with E-state index in [2.05, 4.69) is 34.2 Å². The van der Waals surface area contributed by atoms with Crippen molar-refractivity contribution in [2.24, 2.45) is 0 Å². The summed E-state index contributed by atoms with van der Waals surface area (Å²) < 4.78 is 6.47. The summed E-state index contributed by atoms with van der Waals surface area (Å²) in [5.74, 6) is 0. The van der Waals surface area contributed by atoms with Gasteiger partial charge in [0.2, 0.25) is 0 Å². The minimum Gasteiger partial charge on any atom is -0.378 e. The lowest BCUT2D eigenvalue weighted by atomic mass is 10.0. The van der Waals surface area contributed by atoms with Gasteiger partial charge in [0.05, 0.1) is 11.1 Å². The molecular formula is C13H17BrClNO. The van der Waals surface area contributed by atoms with Crippen LogP contribution in [-0.2, 0) is 11.3 Å². The lowest BCUT2D eigenvalue weighted by Crippen LogP contribution is -2.37. The molecule has 0 aliphatic carbocycles. The van der Waals surface area contributed by atoms with Crippen LogP contribution in [0.15, 0.2) is 22.7 Å². The van der Waals surface area contributed by atoms with Crippen LogP contribution in [0.1, 0.15) is 25.3 Å². The maximum atomic E-state index is 6.06. The zero-order chi connectivity index (χ0) is 12.3. The first-order chi connectivity index (χ1) is 8.15. The van der Waals surface area contributed by atoms with Gasteiger partial charge in [-0.05, 0) is 53.4 Å². The SMILES string of the molecule is CC1CC(NCc2ccc(Br)c(Cl)c2)CCO1. The highest BCUT2D eigenvalue weighted by molar-refractivity contribution is 9.10. The Hall–Kier alpha value is -0.0900. The molecule has 0 bridgehead atoms. The number of hydrogen-bond acceptors (Lipinski definition) is 2. The fourth-order valence-corrected chi connectivity index (χ4v) is 2.54. The molecule has 0 spiro atoms. The van der Waals surface area contributed by atoms with Crippen molar-refractivity contribution in [1.82, 2.24) is 5.32 Å². The smallest absolute Gasteiger partial charge is 0.0561 e. The molecular weight excluding hydrogens is 302 g/mol. The normalized spacial score (nSPS) is 24.9. The van der Waals surface area contributed by atoms with E-state index >= 15 is 0 Å². The zero-order valence-electron chi connectivity index (χ0n) is 9.88. The molecule has 0 saturated carbocycles. The van der Waals surface area contributed by atoms with E-state index in [1.165, 1.54) is 5.56 Å². The number of halogens is 2. The Bertz CT molecular complexity index is 386. The van der Waals surface area contributed by atoms with E-state index in [1.54, 1.807) is 0 Å². The van der Waals surface area contributed by atoms with E-state index in [4.69, 9.17) is 16.3 Å². The van der Waals surface area contributed by atoms with E-state index in [9.17, 15) is 0 Å². The van der Waals surface area contributed by atoms with Crippen molar-refractivity contribution in [3.63, 3.8) is 0 Å². The monoisotopic (exact) mass is 317 g/mol. The van der Waals surface area contributed by atoms with Crippen LogP contribution in [0.2, 0.25) is 5.02 Å². The van der Waals surface area contributed by atoms with Gasteiger partial charge in [-0.1, -0.05) is 17.7 Å². The molecule has 1 N–H and O–H groups in total. The van der Waals surface area contributed by atoms with E-state index in [1.807, 2.05) is 12.1 Å². The van der Waals surface area contributed by atoms with Crippen LogP contribution in [0.5, 0.6) is 0 Å². The molecule has 1 fully saturated rings. The van der Waals surface area contributed by atoms with E-state index in [0.29, 0.717) is 12.1 Å². The van der Waals surface area contributed by atoms with Gasteiger partial charge in [-0.2, -0.15) is 0 Å². The molecule has 1 heterocycles. The molecule has 0 radical (unpaired) electrons. The maximum Gasteiger partial charge on any atom is 0.0561 e. The third kappa shape index (κ3) is 3.95. The first-order valence-electron chi connectivity index (χ1n) is 5.94. The van der Waals surface area contributed by atoms with Gasteiger partial charge in [0.15, 0.2) is 0 Å². The summed E-state index contributed by atoms with van der Waals surface area (Å²) in [6, 6.07) is 6.64. The van der Waals surface area contributed by atoms with Crippen molar-refractivity contribution in [2.75, 3.05) is 6.61 Å².